The van der Waals surface area contributed by atoms with E-state index in [9.17, 15) is 4.79 Å². The number of benzene rings is 1. The Bertz CT molecular complexity index is 898. The van der Waals surface area contributed by atoms with E-state index in [0.29, 0.717) is 19.0 Å². The van der Waals surface area contributed by atoms with Crippen molar-refractivity contribution >= 4 is 52.9 Å². The maximum absolute atomic E-state index is 11.9. The summed E-state index contributed by atoms with van der Waals surface area (Å²) in [5.41, 5.74) is 3.65. The minimum atomic E-state index is 0. The summed E-state index contributed by atoms with van der Waals surface area (Å²) in [6.07, 6.45) is 2.77. The van der Waals surface area contributed by atoms with Gasteiger partial charge >= 0.3 is 0 Å². The van der Waals surface area contributed by atoms with E-state index < -0.39 is 0 Å². The first kappa shape index (κ1) is 24.0. The highest BCUT2D eigenvalue weighted by molar-refractivity contribution is 14.0. The topological polar surface area (TPSA) is 60.0 Å². The van der Waals surface area contributed by atoms with Crippen LogP contribution in [0.2, 0.25) is 0 Å². The molecule has 1 atom stereocenters. The monoisotopic (exact) mass is 553 g/mol. The number of hydrogen-bond acceptors (Lipinski definition) is 4. The summed E-state index contributed by atoms with van der Waals surface area (Å²) in [7, 11) is 1.81. The van der Waals surface area contributed by atoms with Crippen LogP contribution in [-0.4, -0.2) is 49.5 Å². The van der Waals surface area contributed by atoms with Crippen LogP contribution in [0.5, 0.6) is 0 Å². The van der Waals surface area contributed by atoms with Crippen LogP contribution in [0.3, 0.4) is 0 Å². The van der Waals surface area contributed by atoms with E-state index in [1.54, 1.807) is 11.9 Å². The first-order chi connectivity index (χ1) is 14.6. The van der Waals surface area contributed by atoms with Crippen molar-refractivity contribution in [2.24, 2.45) is 4.99 Å². The molecule has 2 aromatic rings. The number of halogens is 1. The molecule has 2 aliphatic heterocycles. The molecule has 8 heteroatoms. The molecular weight excluding hydrogens is 521 g/mol. The van der Waals surface area contributed by atoms with Crippen LogP contribution >= 0.6 is 35.3 Å². The van der Waals surface area contributed by atoms with Crippen molar-refractivity contribution in [3.8, 4) is 0 Å². The van der Waals surface area contributed by atoms with Gasteiger partial charge in [-0.1, -0.05) is 12.1 Å². The van der Waals surface area contributed by atoms with Gasteiger partial charge in [-0.25, -0.2) is 0 Å². The molecule has 0 spiro atoms. The molecular formula is C23H32IN5OS. The summed E-state index contributed by atoms with van der Waals surface area (Å²) in [5, 5.41) is 9.06. The average Bonchev–Trinajstić information content (AvgIpc) is 3.42. The van der Waals surface area contributed by atoms with Crippen LogP contribution in [0.15, 0.2) is 40.7 Å². The Morgan fingerprint density at radius 1 is 1.16 bits per heavy atom. The fourth-order valence-electron chi connectivity index (χ4n) is 4.14. The van der Waals surface area contributed by atoms with Gasteiger partial charge in [0.05, 0.1) is 0 Å². The average molecular weight is 554 g/mol. The number of amides is 1. The summed E-state index contributed by atoms with van der Waals surface area (Å²) >= 11 is 1.88. The van der Waals surface area contributed by atoms with E-state index in [-0.39, 0.29) is 29.9 Å². The van der Waals surface area contributed by atoms with Gasteiger partial charge in [0.15, 0.2) is 5.96 Å². The lowest BCUT2D eigenvalue weighted by molar-refractivity contribution is -0.117. The summed E-state index contributed by atoms with van der Waals surface area (Å²) in [5.74, 6) is 1.04. The standard InChI is InChI=1S/C23H31N5OS.HI/c1-17(27-12-9-21-19(16-27)10-13-30-21)14-25-23(24-2)26-15-18-5-7-20(8-6-18)28-11-3-4-22(28)29;/h5-8,10,13,17H,3-4,9,11-12,14-16H2,1-2H3,(H2,24,25,26);1H. The number of carbonyl (C=O) groups is 1. The third-order valence-electron chi connectivity index (χ3n) is 6.03. The molecule has 4 rings (SSSR count). The highest BCUT2D eigenvalue weighted by Crippen LogP contribution is 2.25. The first-order valence-electron chi connectivity index (χ1n) is 10.8. The second-order valence-corrected chi connectivity index (χ2v) is 9.06. The molecule has 1 saturated heterocycles. The van der Waals surface area contributed by atoms with Crippen molar-refractivity contribution in [3.63, 3.8) is 0 Å². The van der Waals surface area contributed by atoms with E-state index in [1.807, 2.05) is 28.4 Å². The molecule has 1 aromatic heterocycles. The van der Waals surface area contributed by atoms with E-state index in [0.717, 1.165) is 50.7 Å². The number of nitrogens with zero attached hydrogens (tertiary/aromatic N) is 3. The second kappa shape index (κ2) is 11.3. The number of nitrogens with one attached hydrogen (secondary N) is 2. The van der Waals surface area contributed by atoms with Crippen LogP contribution in [0.4, 0.5) is 5.69 Å². The Hall–Kier alpha value is -1.65. The van der Waals surface area contributed by atoms with Crippen LogP contribution in [0.1, 0.15) is 35.8 Å². The van der Waals surface area contributed by atoms with Crippen LogP contribution in [0, 0.1) is 0 Å². The van der Waals surface area contributed by atoms with E-state index in [4.69, 9.17) is 0 Å². The zero-order chi connectivity index (χ0) is 20.9. The number of fused-ring (bicyclic) bond motifs is 1. The van der Waals surface area contributed by atoms with Gasteiger partial charge in [-0.15, -0.1) is 35.3 Å². The normalized spacial score (nSPS) is 17.8. The maximum Gasteiger partial charge on any atom is 0.227 e. The van der Waals surface area contributed by atoms with Gasteiger partial charge in [0.25, 0.3) is 0 Å². The lowest BCUT2D eigenvalue weighted by atomic mass is 10.1. The molecule has 2 N–H and O–H groups in total. The fourth-order valence-corrected chi connectivity index (χ4v) is 5.03. The summed E-state index contributed by atoms with van der Waals surface area (Å²) in [6.45, 7) is 6.82. The third kappa shape index (κ3) is 5.98. The minimum Gasteiger partial charge on any atom is -0.355 e. The molecule has 31 heavy (non-hydrogen) atoms. The predicted molar refractivity (Wildman–Crippen MR) is 140 cm³/mol. The van der Waals surface area contributed by atoms with Gasteiger partial charge in [-0.05, 0) is 54.5 Å². The highest BCUT2D eigenvalue weighted by Gasteiger charge is 2.22. The van der Waals surface area contributed by atoms with Gasteiger partial charge in [-0.2, -0.15) is 0 Å². The Morgan fingerprint density at radius 3 is 2.68 bits per heavy atom. The lowest BCUT2D eigenvalue weighted by Gasteiger charge is -2.32. The van der Waals surface area contributed by atoms with Gasteiger partial charge in [0, 0.05) is 62.8 Å². The van der Waals surface area contributed by atoms with Crippen molar-refractivity contribution in [2.75, 3.05) is 31.6 Å². The third-order valence-corrected chi connectivity index (χ3v) is 7.05. The van der Waals surface area contributed by atoms with Crippen molar-refractivity contribution in [3.05, 3.63) is 51.7 Å². The first-order valence-corrected chi connectivity index (χ1v) is 11.6. The quantitative estimate of drug-likeness (QED) is 0.326. The molecule has 1 fully saturated rings. The Balaban J connectivity index is 0.00000272. The summed E-state index contributed by atoms with van der Waals surface area (Å²) in [6, 6.07) is 10.9. The van der Waals surface area contributed by atoms with Gasteiger partial charge < -0.3 is 15.5 Å². The molecule has 1 aromatic carbocycles. The Labute approximate surface area is 206 Å². The number of rotatable bonds is 6. The second-order valence-electron chi connectivity index (χ2n) is 8.06. The van der Waals surface area contributed by atoms with Crippen LogP contribution in [-0.2, 0) is 24.3 Å². The number of aliphatic imine (C=N–C) groups is 1. The number of hydrogen-bond donors (Lipinski definition) is 2. The largest absolute Gasteiger partial charge is 0.355 e. The molecule has 0 saturated carbocycles. The molecule has 1 unspecified atom stereocenters. The molecule has 0 aliphatic carbocycles. The van der Waals surface area contributed by atoms with E-state index in [2.05, 4.69) is 51.0 Å². The van der Waals surface area contributed by atoms with Crippen LogP contribution < -0.4 is 15.5 Å². The van der Waals surface area contributed by atoms with Gasteiger partial charge in [0.2, 0.25) is 5.91 Å². The molecule has 2 aliphatic rings. The molecule has 0 bridgehead atoms. The summed E-state index contributed by atoms with van der Waals surface area (Å²) < 4.78 is 0. The SMILES string of the molecule is CN=C(NCc1ccc(N2CCCC2=O)cc1)NCC(C)N1CCc2sccc2C1.I. The van der Waals surface area contributed by atoms with Gasteiger partial charge in [-0.3, -0.25) is 14.7 Å². The van der Waals surface area contributed by atoms with Crippen LogP contribution in [0.25, 0.3) is 0 Å². The number of anilines is 1. The molecule has 0 radical (unpaired) electrons. The zero-order valence-electron chi connectivity index (χ0n) is 18.3. The maximum atomic E-state index is 11.9. The lowest BCUT2D eigenvalue weighted by Crippen LogP contribution is -2.47. The number of thiophene rings is 1. The zero-order valence-corrected chi connectivity index (χ0v) is 21.4. The number of guanidine groups is 1. The smallest absolute Gasteiger partial charge is 0.227 e. The summed E-state index contributed by atoms with van der Waals surface area (Å²) in [4.78, 5) is 22.2. The number of carbonyl (C=O) groups excluding carboxylic acids is 1. The van der Waals surface area contributed by atoms with E-state index >= 15 is 0 Å². The molecule has 3 heterocycles. The highest BCUT2D eigenvalue weighted by atomic mass is 127. The Morgan fingerprint density at radius 2 is 1.97 bits per heavy atom. The van der Waals surface area contributed by atoms with Crippen molar-refractivity contribution < 1.29 is 4.79 Å². The van der Waals surface area contributed by atoms with Crippen molar-refractivity contribution in [2.45, 2.75) is 45.3 Å². The molecule has 6 nitrogen and oxygen atoms in total. The molecule has 168 valence electrons. The van der Waals surface area contributed by atoms with Gasteiger partial charge in [0.1, 0.15) is 0 Å². The fraction of sp³-hybridized carbons (Fsp3) is 0.478. The minimum absolute atomic E-state index is 0. The molecule has 1 amide bonds. The van der Waals surface area contributed by atoms with Crippen molar-refractivity contribution in [1.82, 2.24) is 15.5 Å². The van der Waals surface area contributed by atoms with Crippen molar-refractivity contribution in [1.29, 1.82) is 0 Å². The Kier molecular flexibility index (Phi) is 8.74. The predicted octanol–water partition coefficient (Wildman–Crippen LogP) is 3.60. The van der Waals surface area contributed by atoms with E-state index in [1.165, 1.54) is 11.1 Å².